The van der Waals surface area contributed by atoms with Gasteiger partial charge in [-0.1, -0.05) is 47.5 Å². The fourth-order valence-electron chi connectivity index (χ4n) is 4.16. The van der Waals surface area contributed by atoms with Crippen LogP contribution in [0.3, 0.4) is 0 Å². The predicted molar refractivity (Wildman–Crippen MR) is 132 cm³/mol. The van der Waals surface area contributed by atoms with E-state index in [-0.39, 0.29) is 12.3 Å². The Bertz CT molecular complexity index is 1530. The van der Waals surface area contributed by atoms with E-state index >= 15 is 0 Å². The van der Waals surface area contributed by atoms with Gasteiger partial charge in [0.15, 0.2) is 11.5 Å². The zero-order valence-electron chi connectivity index (χ0n) is 19.6. The second kappa shape index (κ2) is 8.55. The molecule has 8 heteroatoms. The number of carbonyl (C=O) groups excluding carboxylic acids is 1. The van der Waals surface area contributed by atoms with Crippen LogP contribution in [-0.4, -0.2) is 35.4 Å². The smallest absolute Gasteiger partial charge is 0.229 e. The molecular weight excluding hydrogens is 426 g/mol. The number of carbonyl (C=O) groups is 1. The van der Waals surface area contributed by atoms with Crippen molar-refractivity contribution < 1.29 is 4.79 Å². The van der Waals surface area contributed by atoms with Crippen LogP contribution in [0.1, 0.15) is 27.9 Å². The number of hydrogen-bond acceptors (Lipinski definition) is 5. The van der Waals surface area contributed by atoms with Gasteiger partial charge in [0.2, 0.25) is 5.91 Å². The van der Waals surface area contributed by atoms with Crippen molar-refractivity contribution in [1.29, 1.82) is 0 Å². The lowest BCUT2D eigenvalue weighted by Crippen LogP contribution is -2.17. The van der Waals surface area contributed by atoms with Crippen LogP contribution in [0, 0.1) is 27.7 Å². The minimum Gasteiger partial charge on any atom is -0.310 e. The molecule has 0 aliphatic rings. The standard InChI is InChI=1S/C26H25N7O/c1-16-6-5-7-20(11-16)13-24(34)30-23-12-19(4)31-33(23)26-21-14-29-32(25(21)27-15-28-26)22-9-8-17(2)10-18(22)3/h5-12,14-15H,13H2,1-4H3,(H,30,34). The molecule has 0 fully saturated rings. The fourth-order valence-corrected chi connectivity index (χ4v) is 4.16. The van der Waals surface area contributed by atoms with Gasteiger partial charge in [0.25, 0.3) is 0 Å². The van der Waals surface area contributed by atoms with Gasteiger partial charge in [-0.3, -0.25) is 4.79 Å². The van der Waals surface area contributed by atoms with E-state index in [9.17, 15) is 4.79 Å². The lowest BCUT2D eigenvalue weighted by Gasteiger charge is -2.10. The van der Waals surface area contributed by atoms with Crippen LogP contribution in [0.5, 0.6) is 0 Å². The summed E-state index contributed by atoms with van der Waals surface area (Å²) in [6, 6.07) is 16.0. The number of anilines is 1. The molecule has 1 N–H and O–H groups in total. The first-order chi connectivity index (χ1) is 16.4. The molecule has 2 aromatic carbocycles. The Morgan fingerprint density at radius 1 is 0.941 bits per heavy atom. The molecule has 34 heavy (non-hydrogen) atoms. The van der Waals surface area contributed by atoms with Crippen molar-refractivity contribution in [2.24, 2.45) is 0 Å². The largest absolute Gasteiger partial charge is 0.310 e. The Kier molecular flexibility index (Phi) is 5.41. The van der Waals surface area contributed by atoms with E-state index in [1.54, 1.807) is 10.9 Å². The summed E-state index contributed by atoms with van der Waals surface area (Å²) in [6.45, 7) is 8.01. The number of nitrogens with one attached hydrogen (secondary N) is 1. The van der Waals surface area contributed by atoms with Crippen molar-refractivity contribution in [2.75, 3.05) is 5.32 Å². The first-order valence-electron chi connectivity index (χ1n) is 11.1. The molecule has 0 radical (unpaired) electrons. The van der Waals surface area contributed by atoms with Crippen LogP contribution in [0.15, 0.2) is 61.1 Å². The summed E-state index contributed by atoms with van der Waals surface area (Å²) in [5.41, 5.74) is 6.75. The molecule has 0 spiro atoms. The summed E-state index contributed by atoms with van der Waals surface area (Å²) in [5, 5.41) is 12.9. The molecule has 0 saturated carbocycles. The monoisotopic (exact) mass is 451 g/mol. The minimum atomic E-state index is -0.122. The van der Waals surface area contributed by atoms with Gasteiger partial charge in [0, 0.05) is 6.07 Å². The molecule has 0 bridgehead atoms. The minimum absolute atomic E-state index is 0.122. The molecule has 0 atom stereocenters. The number of fused-ring (bicyclic) bond motifs is 1. The zero-order chi connectivity index (χ0) is 23.8. The summed E-state index contributed by atoms with van der Waals surface area (Å²) in [5.74, 6) is 0.984. The van der Waals surface area contributed by atoms with E-state index < -0.39 is 0 Å². The van der Waals surface area contributed by atoms with Crippen LogP contribution in [0.4, 0.5) is 5.82 Å². The Hall–Kier alpha value is -4.33. The Morgan fingerprint density at radius 3 is 2.56 bits per heavy atom. The first-order valence-corrected chi connectivity index (χ1v) is 11.1. The topological polar surface area (TPSA) is 90.5 Å². The molecule has 1 amide bonds. The van der Waals surface area contributed by atoms with Gasteiger partial charge in [-0.15, -0.1) is 0 Å². The highest BCUT2D eigenvalue weighted by molar-refractivity contribution is 5.92. The first kappa shape index (κ1) is 21.5. The van der Waals surface area contributed by atoms with E-state index in [4.69, 9.17) is 0 Å². The van der Waals surface area contributed by atoms with Gasteiger partial charge in [0.1, 0.15) is 12.1 Å². The number of rotatable bonds is 5. The molecule has 0 unspecified atom stereocenters. The highest BCUT2D eigenvalue weighted by atomic mass is 16.1. The van der Waals surface area contributed by atoms with Crippen LogP contribution in [0.2, 0.25) is 0 Å². The van der Waals surface area contributed by atoms with E-state index in [0.717, 1.165) is 33.5 Å². The van der Waals surface area contributed by atoms with Gasteiger partial charge in [-0.05, 0) is 44.9 Å². The molecule has 5 aromatic rings. The highest BCUT2D eigenvalue weighted by Gasteiger charge is 2.18. The summed E-state index contributed by atoms with van der Waals surface area (Å²) in [7, 11) is 0. The number of hydrogen-bond donors (Lipinski definition) is 1. The van der Waals surface area contributed by atoms with E-state index in [2.05, 4.69) is 51.5 Å². The maximum absolute atomic E-state index is 12.8. The third-order valence-corrected chi connectivity index (χ3v) is 5.67. The molecule has 170 valence electrons. The summed E-state index contributed by atoms with van der Waals surface area (Å²) in [4.78, 5) is 21.8. The molecule has 5 rings (SSSR count). The Balaban J connectivity index is 1.51. The van der Waals surface area contributed by atoms with Crippen molar-refractivity contribution >= 4 is 22.8 Å². The molecule has 0 aliphatic carbocycles. The average molecular weight is 452 g/mol. The average Bonchev–Trinajstić information content (AvgIpc) is 3.37. The van der Waals surface area contributed by atoms with Gasteiger partial charge >= 0.3 is 0 Å². The molecule has 3 aromatic heterocycles. The second-order valence-electron chi connectivity index (χ2n) is 8.58. The molecule has 0 aliphatic heterocycles. The molecule has 3 heterocycles. The summed E-state index contributed by atoms with van der Waals surface area (Å²) >= 11 is 0. The Morgan fingerprint density at radius 2 is 1.76 bits per heavy atom. The summed E-state index contributed by atoms with van der Waals surface area (Å²) in [6.07, 6.45) is 3.50. The number of aryl methyl sites for hydroxylation is 4. The quantitative estimate of drug-likeness (QED) is 0.427. The highest BCUT2D eigenvalue weighted by Crippen LogP contribution is 2.25. The van der Waals surface area contributed by atoms with Crippen molar-refractivity contribution in [3.8, 4) is 11.5 Å². The van der Waals surface area contributed by atoms with Crippen LogP contribution in [0.25, 0.3) is 22.5 Å². The van der Waals surface area contributed by atoms with E-state index in [1.165, 1.54) is 11.9 Å². The second-order valence-corrected chi connectivity index (χ2v) is 8.58. The SMILES string of the molecule is Cc1cccc(CC(=O)Nc2cc(C)nn2-c2ncnc3c2cnn3-c2ccc(C)cc2C)c1. The third kappa shape index (κ3) is 4.05. The van der Waals surface area contributed by atoms with Crippen LogP contribution < -0.4 is 5.32 Å². The third-order valence-electron chi connectivity index (χ3n) is 5.67. The van der Waals surface area contributed by atoms with Crippen molar-refractivity contribution in [3.63, 3.8) is 0 Å². The lowest BCUT2D eigenvalue weighted by atomic mass is 10.1. The van der Waals surface area contributed by atoms with E-state index in [0.29, 0.717) is 17.3 Å². The zero-order valence-corrected chi connectivity index (χ0v) is 19.6. The number of nitrogens with zero attached hydrogens (tertiary/aromatic N) is 6. The number of amides is 1. The predicted octanol–water partition coefficient (Wildman–Crippen LogP) is 4.42. The van der Waals surface area contributed by atoms with Crippen molar-refractivity contribution in [3.05, 3.63) is 89.0 Å². The normalized spacial score (nSPS) is 11.2. The fraction of sp³-hybridized carbons (Fsp3) is 0.192. The van der Waals surface area contributed by atoms with Crippen LogP contribution >= 0.6 is 0 Å². The van der Waals surface area contributed by atoms with Gasteiger partial charge in [0.05, 0.1) is 29.4 Å². The Labute approximate surface area is 197 Å². The number of benzene rings is 2. The number of aromatic nitrogens is 6. The maximum Gasteiger partial charge on any atom is 0.229 e. The van der Waals surface area contributed by atoms with Gasteiger partial charge in [-0.25, -0.2) is 14.6 Å². The molecular formula is C26H25N7O. The van der Waals surface area contributed by atoms with Crippen LogP contribution in [-0.2, 0) is 11.2 Å². The molecule has 0 saturated heterocycles. The van der Waals surface area contributed by atoms with Crippen molar-refractivity contribution in [2.45, 2.75) is 34.1 Å². The summed E-state index contributed by atoms with van der Waals surface area (Å²) < 4.78 is 3.45. The van der Waals surface area contributed by atoms with E-state index in [1.807, 2.05) is 54.9 Å². The maximum atomic E-state index is 12.8. The van der Waals surface area contributed by atoms with Gasteiger partial charge < -0.3 is 5.32 Å². The van der Waals surface area contributed by atoms with Gasteiger partial charge in [-0.2, -0.15) is 14.9 Å². The lowest BCUT2D eigenvalue weighted by molar-refractivity contribution is -0.115. The van der Waals surface area contributed by atoms with Crippen molar-refractivity contribution in [1.82, 2.24) is 29.5 Å². The molecule has 8 nitrogen and oxygen atoms in total.